The first kappa shape index (κ1) is 25.3. The Morgan fingerprint density at radius 3 is 2.54 bits per heavy atom. The molecule has 4 N–H and O–H groups in total. The maximum atomic E-state index is 13.3. The van der Waals surface area contributed by atoms with Gasteiger partial charge in [-0.15, -0.1) is 0 Å². The molecule has 5 rings (SSSR count). The van der Waals surface area contributed by atoms with Crippen LogP contribution in [0.25, 0.3) is 11.5 Å². The fraction of sp³-hybridized carbons (Fsp3) is 0.345. The summed E-state index contributed by atoms with van der Waals surface area (Å²) < 4.78 is 1.93. The van der Waals surface area contributed by atoms with Crippen molar-refractivity contribution in [3.63, 3.8) is 0 Å². The lowest BCUT2D eigenvalue weighted by Gasteiger charge is -2.36. The number of nitrogens with zero attached hydrogens (tertiary/aromatic N) is 3. The van der Waals surface area contributed by atoms with Crippen LogP contribution in [0.5, 0.6) is 0 Å². The quantitative estimate of drug-likeness (QED) is 0.268. The summed E-state index contributed by atoms with van der Waals surface area (Å²) in [5.41, 5.74) is 11.3. The molecule has 8 heteroatoms. The van der Waals surface area contributed by atoms with Gasteiger partial charge in [0.05, 0.1) is 6.04 Å². The second kappa shape index (κ2) is 10.6. The molecule has 0 saturated carbocycles. The van der Waals surface area contributed by atoms with Crippen molar-refractivity contribution in [2.75, 3.05) is 18.4 Å². The molecule has 3 aliphatic heterocycles. The highest BCUT2D eigenvalue weighted by atomic mass is 32.2. The van der Waals surface area contributed by atoms with Crippen LogP contribution in [0, 0.1) is 6.92 Å². The minimum absolute atomic E-state index is 0.384. The standard InChI is InChI=1S/C29H34N6OS/c1-4-20-9-11-21(12-10-20)18-37-28-33-25-7-6-14-35(26(25)34-28)29(5-2,27(30)36)24-15-22(13-8-19(24)3)32-23-16-31-17-23/h6-15,23,31-32H,4-5,16-18H2,1-3H3,(H2,30,36). The molecular formula is C29H34N6OS. The number of fused-ring (bicyclic) bond motifs is 1. The largest absolute Gasteiger partial charge is 0.380 e. The number of benzene rings is 2. The summed E-state index contributed by atoms with van der Waals surface area (Å²) in [7, 11) is 0. The summed E-state index contributed by atoms with van der Waals surface area (Å²) >= 11 is 1.60. The second-order valence-corrected chi connectivity index (χ2v) is 10.6. The molecule has 1 fully saturated rings. The molecule has 1 atom stereocenters. The topological polar surface area (TPSA) is 97.9 Å². The zero-order valence-corrected chi connectivity index (χ0v) is 22.4. The number of carbonyl (C=O) groups is 1. The Morgan fingerprint density at radius 2 is 1.89 bits per heavy atom. The molecular weight excluding hydrogens is 480 g/mol. The first-order valence-electron chi connectivity index (χ1n) is 12.9. The number of nitrogens with one attached hydrogen (secondary N) is 2. The van der Waals surface area contributed by atoms with Crippen LogP contribution < -0.4 is 16.4 Å². The molecule has 0 radical (unpaired) electrons. The summed E-state index contributed by atoms with van der Waals surface area (Å²) in [5.74, 6) is 1.02. The molecule has 2 aromatic rings. The first-order chi connectivity index (χ1) is 17.9. The molecule has 7 nitrogen and oxygen atoms in total. The minimum atomic E-state index is -1.10. The van der Waals surface area contributed by atoms with Gasteiger partial charge in [0.2, 0.25) is 5.91 Å². The number of hydrogen-bond donors (Lipinski definition) is 3. The fourth-order valence-corrected chi connectivity index (χ4v) is 5.80. The van der Waals surface area contributed by atoms with E-state index in [1.807, 2.05) is 36.7 Å². The van der Waals surface area contributed by atoms with E-state index in [1.165, 1.54) is 11.1 Å². The number of nitrogens with two attached hydrogens (primary N) is 1. The van der Waals surface area contributed by atoms with Crippen LogP contribution in [-0.4, -0.2) is 39.6 Å². The first-order valence-corrected chi connectivity index (χ1v) is 13.9. The van der Waals surface area contributed by atoms with E-state index >= 15 is 0 Å². The molecule has 1 unspecified atom stereocenters. The van der Waals surface area contributed by atoms with Gasteiger partial charge in [-0.3, -0.25) is 4.79 Å². The Morgan fingerprint density at radius 1 is 1.14 bits per heavy atom. The summed E-state index contributed by atoms with van der Waals surface area (Å²) in [4.78, 5) is 23.0. The van der Waals surface area contributed by atoms with E-state index in [9.17, 15) is 4.79 Å². The highest BCUT2D eigenvalue weighted by Crippen LogP contribution is 2.38. The SMILES string of the molecule is CCc1ccc(CSc2nc3cccn(C(CC)(C(N)=O)c4cc(NC5CNC5)ccc4C)c-3n2)cc1. The second-order valence-electron chi connectivity index (χ2n) is 9.66. The summed E-state index contributed by atoms with van der Waals surface area (Å²) in [6.07, 6.45) is 3.42. The van der Waals surface area contributed by atoms with Gasteiger partial charge in [0, 0.05) is 30.7 Å². The molecule has 192 valence electrons. The number of hydrogen-bond acceptors (Lipinski definition) is 6. The van der Waals surface area contributed by atoms with E-state index in [0.29, 0.717) is 23.4 Å². The van der Waals surface area contributed by atoms with Gasteiger partial charge >= 0.3 is 0 Å². The Bertz CT molecular complexity index is 1360. The Kier molecular flexibility index (Phi) is 7.22. The van der Waals surface area contributed by atoms with Gasteiger partial charge in [0.1, 0.15) is 11.2 Å². The zero-order chi connectivity index (χ0) is 26.0. The number of anilines is 1. The van der Waals surface area contributed by atoms with Crippen molar-refractivity contribution in [3.05, 3.63) is 83.0 Å². The molecule has 0 aromatic heterocycles. The molecule has 3 heterocycles. The van der Waals surface area contributed by atoms with Crippen molar-refractivity contribution in [1.82, 2.24) is 19.9 Å². The number of imidazole rings is 1. The maximum Gasteiger partial charge on any atom is 0.248 e. The number of aromatic nitrogens is 3. The predicted molar refractivity (Wildman–Crippen MR) is 150 cm³/mol. The van der Waals surface area contributed by atoms with Gasteiger partial charge in [-0.05, 0) is 66.3 Å². The third kappa shape index (κ3) is 4.83. The van der Waals surface area contributed by atoms with Crippen LogP contribution >= 0.6 is 11.8 Å². The monoisotopic (exact) mass is 514 g/mol. The van der Waals surface area contributed by atoms with Crippen LogP contribution in [0.2, 0.25) is 0 Å². The van der Waals surface area contributed by atoms with Gasteiger partial charge in [-0.25, -0.2) is 9.97 Å². The number of amides is 1. The lowest BCUT2D eigenvalue weighted by Crippen LogP contribution is -2.51. The van der Waals surface area contributed by atoms with E-state index in [-0.39, 0.29) is 0 Å². The average Bonchev–Trinajstić information content (AvgIpc) is 3.31. The van der Waals surface area contributed by atoms with Gasteiger partial charge in [-0.1, -0.05) is 55.9 Å². The van der Waals surface area contributed by atoms with Crippen LogP contribution in [0.1, 0.15) is 42.5 Å². The Hall–Kier alpha value is -3.36. The number of aryl methyl sites for hydroxylation is 2. The normalized spacial score (nSPS) is 15.3. The van der Waals surface area contributed by atoms with Crippen molar-refractivity contribution in [2.45, 2.75) is 56.1 Å². The van der Waals surface area contributed by atoms with Gasteiger partial charge < -0.3 is 20.9 Å². The lowest BCUT2D eigenvalue weighted by atomic mass is 9.82. The molecule has 2 aromatic carbocycles. The van der Waals surface area contributed by atoms with Crippen molar-refractivity contribution in [3.8, 4) is 11.5 Å². The summed E-state index contributed by atoms with van der Waals surface area (Å²) in [5, 5.41) is 7.53. The highest BCUT2D eigenvalue weighted by molar-refractivity contribution is 7.98. The predicted octanol–water partition coefficient (Wildman–Crippen LogP) is 4.57. The third-order valence-corrected chi connectivity index (χ3v) is 8.25. The van der Waals surface area contributed by atoms with E-state index in [1.54, 1.807) is 11.8 Å². The molecule has 1 saturated heterocycles. The van der Waals surface area contributed by atoms with Crippen LogP contribution in [0.4, 0.5) is 5.69 Å². The summed E-state index contributed by atoms with van der Waals surface area (Å²) in [6.45, 7) is 8.04. The van der Waals surface area contributed by atoms with Gasteiger partial charge in [0.15, 0.2) is 11.0 Å². The Balaban J connectivity index is 1.52. The number of primary amides is 1. The molecule has 0 spiro atoms. The maximum absolute atomic E-state index is 13.3. The van der Waals surface area contributed by atoms with E-state index in [4.69, 9.17) is 15.7 Å². The average molecular weight is 515 g/mol. The smallest absolute Gasteiger partial charge is 0.248 e. The van der Waals surface area contributed by atoms with Crippen molar-refractivity contribution in [2.24, 2.45) is 5.73 Å². The lowest BCUT2D eigenvalue weighted by molar-refractivity contribution is -0.124. The molecule has 0 aliphatic carbocycles. The summed E-state index contributed by atoms with van der Waals surface area (Å²) in [6, 6.07) is 19.1. The number of thioether (sulfide) groups is 1. The van der Waals surface area contributed by atoms with Crippen molar-refractivity contribution in [1.29, 1.82) is 0 Å². The fourth-order valence-electron chi connectivity index (χ4n) is 5.00. The molecule has 0 bridgehead atoms. The highest BCUT2D eigenvalue weighted by Gasteiger charge is 2.42. The number of rotatable bonds is 10. The molecule has 3 aliphatic rings. The van der Waals surface area contributed by atoms with Gasteiger partial charge in [-0.2, -0.15) is 0 Å². The zero-order valence-electron chi connectivity index (χ0n) is 21.6. The third-order valence-electron chi connectivity index (χ3n) is 7.33. The number of carbonyl (C=O) groups excluding carboxylic acids is 1. The van der Waals surface area contributed by atoms with E-state index in [2.05, 4.69) is 60.0 Å². The van der Waals surface area contributed by atoms with E-state index < -0.39 is 11.4 Å². The van der Waals surface area contributed by atoms with Crippen LogP contribution in [-0.2, 0) is 22.5 Å². The number of pyridine rings is 1. The Labute approximate surface area is 222 Å². The molecule has 37 heavy (non-hydrogen) atoms. The van der Waals surface area contributed by atoms with Crippen molar-refractivity contribution >= 4 is 23.4 Å². The van der Waals surface area contributed by atoms with Crippen molar-refractivity contribution < 1.29 is 4.79 Å². The molecule has 1 amide bonds. The van der Waals surface area contributed by atoms with Crippen LogP contribution in [0.15, 0.2) is 66.0 Å². The minimum Gasteiger partial charge on any atom is -0.380 e. The van der Waals surface area contributed by atoms with Gasteiger partial charge in [0.25, 0.3) is 0 Å². The van der Waals surface area contributed by atoms with E-state index in [0.717, 1.165) is 47.8 Å². The van der Waals surface area contributed by atoms with Crippen LogP contribution in [0.3, 0.4) is 0 Å².